The number of nitrogens with one attached hydrogen (secondary N) is 2. The molecule has 3 N–H and O–H groups in total. The van der Waals surface area contributed by atoms with Gasteiger partial charge in [0, 0.05) is 31.5 Å². The molecule has 2 aromatic rings. The molecule has 4 atom stereocenters. The molecule has 1 saturated heterocycles. The summed E-state index contributed by atoms with van der Waals surface area (Å²) in [6, 6.07) is 6.74. The van der Waals surface area contributed by atoms with E-state index in [0.717, 1.165) is 21.7 Å². The second-order valence-electron chi connectivity index (χ2n) is 10.3. The predicted octanol–water partition coefficient (Wildman–Crippen LogP) is 3.43. The number of likely N-dealkylation sites (tertiary alicyclic amines) is 1. The summed E-state index contributed by atoms with van der Waals surface area (Å²) in [5, 5.41) is 5.33. The number of ether oxygens (including phenoxy) is 1. The number of carbonyl (C=O) groups excluding carboxylic acids is 3. The Balaban J connectivity index is 1.74. The monoisotopic (exact) mass is 578 g/mol. The van der Waals surface area contributed by atoms with Crippen LogP contribution >= 0.6 is 19.6 Å². The molecular formula is C26H35N4O7PS. The average molecular weight is 579 g/mol. The molecule has 0 bridgehead atoms. The molecule has 0 spiro atoms. The number of hydrogen-bond donors (Lipinski definition) is 3. The molecule has 3 amide bonds. The highest BCUT2D eigenvalue weighted by Crippen LogP contribution is 2.32. The van der Waals surface area contributed by atoms with E-state index < -0.39 is 49.8 Å². The lowest BCUT2D eigenvalue weighted by Gasteiger charge is -2.34. The molecule has 1 unspecified atom stereocenters. The van der Waals surface area contributed by atoms with Gasteiger partial charge in [0.15, 0.2) is 6.10 Å². The average Bonchev–Trinajstić information content (AvgIpc) is 3.49. The van der Waals surface area contributed by atoms with Crippen LogP contribution in [0.5, 0.6) is 0 Å². The lowest BCUT2D eigenvalue weighted by Crippen LogP contribution is -2.53. The van der Waals surface area contributed by atoms with Gasteiger partial charge in [-0.25, -0.2) is 9.78 Å². The van der Waals surface area contributed by atoms with Crippen LogP contribution < -0.4 is 10.6 Å². The number of carbonyl (C=O) groups is 3. The zero-order valence-electron chi connectivity index (χ0n) is 22.4. The summed E-state index contributed by atoms with van der Waals surface area (Å²) in [5.74, 6) is -1.04. The van der Waals surface area contributed by atoms with E-state index in [1.54, 1.807) is 37.6 Å². The summed E-state index contributed by atoms with van der Waals surface area (Å²) in [7, 11) is -3.30. The first-order valence-corrected chi connectivity index (χ1v) is 14.6. The maximum absolute atomic E-state index is 13.6. The Labute approximate surface area is 232 Å². The number of amides is 3. The number of thiazole rings is 1. The normalized spacial score (nSPS) is 18.7. The predicted molar refractivity (Wildman–Crippen MR) is 148 cm³/mol. The quantitative estimate of drug-likeness (QED) is 0.287. The summed E-state index contributed by atoms with van der Waals surface area (Å²) in [5.41, 5.74) is 3.83. The lowest BCUT2D eigenvalue weighted by molar-refractivity contribution is -0.150. The molecule has 212 valence electrons. The van der Waals surface area contributed by atoms with Gasteiger partial charge in [0.05, 0.1) is 22.2 Å². The van der Waals surface area contributed by atoms with Crippen LogP contribution in [0.4, 0.5) is 4.79 Å². The van der Waals surface area contributed by atoms with Gasteiger partial charge in [-0.1, -0.05) is 51.1 Å². The summed E-state index contributed by atoms with van der Waals surface area (Å²) in [6.45, 7) is 11.0. The largest absolute Gasteiger partial charge is 0.436 e. The van der Waals surface area contributed by atoms with Gasteiger partial charge in [-0.3, -0.25) is 14.2 Å². The molecule has 0 radical (unpaired) electrons. The number of aryl methyl sites for hydroxylation is 1. The van der Waals surface area contributed by atoms with Crippen LogP contribution in [0.2, 0.25) is 0 Å². The zero-order chi connectivity index (χ0) is 28.7. The fourth-order valence-electron chi connectivity index (χ4n) is 4.23. The molecule has 0 aliphatic carbocycles. The van der Waals surface area contributed by atoms with Gasteiger partial charge < -0.3 is 29.7 Å². The molecule has 0 saturated carbocycles. The molecule has 1 aromatic carbocycles. The Bertz CT molecular complexity index is 1210. The molecule has 13 heteroatoms. The maximum atomic E-state index is 13.6. The van der Waals surface area contributed by atoms with Crippen molar-refractivity contribution in [1.29, 1.82) is 0 Å². The SMILES string of the molecule is C=CCNC(=O)O[C@H](C(=O)N1C[C@H](O[PH](=O)O)C[C@H]1C(=O)NCc1ccc(-c2scnc2C)cc1)C(C)(C)C. The highest BCUT2D eigenvalue weighted by atomic mass is 32.1. The first-order valence-electron chi connectivity index (χ1n) is 12.4. The van der Waals surface area contributed by atoms with Crippen LogP contribution in [0.25, 0.3) is 10.4 Å². The molecule has 1 aromatic heterocycles. The summed E-state index contributed by atoms with van der Waals surface area (Å²) in [6.07, 6.45) is -1.34. The van der Waals surface area contributed by atoms with E-state index in [9.17, 15) is 23.8 Å². The number of benzene rings is 1. The molecule has 39 heavy (non-hydrogen) atoms. The van der Waals surface area contributed by atoms with Crippen LogP contribution in [0.3, 0.4) is 0 Å². The van der Waals surface area contributed by atoms with Crippen LogP contribution in [-0.2, 0) is 30.0 Å². The van der Waals surface area contributed by atoms with Crippen molar-refractivity contribution in [2.75, 3.05) is 13.1 Å². The van der Waals surface area contributed by atoms with Crippen LogP contribution in [-0.4, -0.2) is 64.0 Å². The lowest BCUT2D eigenvalue weighted by atomic mass is 9.88. The van der Waals surface area contributed by atoms with Crippen LogP contribution in [0.1, 0.15) is 38.4 Å². The van der Waals surface area contributed by atoms with Gasteiger partial charge in [-0.15, -0.1) is 17.9 Å². The number of aromatic nitrogens is 1. The number of nitrogens with zero attached hydrogens (tertiary/aromatic N) is 2. The van der Waals surface area contributed by atoms with Crippen molar-refractivity contribution in [2.24, 2.45) is 5.41 Å². The standard InChI is InChI=1S/C26H35N4O7PS/c1-6-11-27-25(33)36-22(26(3,4)5)24(32)30-14-19(37-38(34)35)12-20(30)23(31)28-13-17-7-9-18(10-8-17)21-16(2)29-15-39-21/h6-10,15,19-20,22,38H,1,11-14H2,2-5H3,(H,27,33)(H,28,31)(H,34,35)/t19-,20+,22-/m1/s1. The van der Waals surface area contributed by atoms with E-state index in [2.05, 4.69) is 22.2 Å². The van der Waals surface area contributed by atoms with E-state index in [1.165, 1.54) is 11.0 Å². The Morgan fingerprint density at radius 3 is 2.54 bits per heavy atom. The van der Waals surface area contributed by atoms with Crippen molar-refractivity contribution >= 4 is 37.5 Å². The minimum absolute atomic E-state index is 0.0255. The first kappa shape index (κ1) is 30.5. The molecule has 3 rings (SSSR count). The summed E-state index contributed by atoms with van der Waals surface area (Å²) in [4.78, 5) is 55.1. The fourth-order valence-corrected chi connectivity index (χ4v) is 5.50. The van der Waals surface area contributed by atoms with Crippen molar-refractivity contribution in [1.82, 2.24) is 20.5 Å². The third-order valence-corrected chi connectivity index (χ3v) is 7.68. The summed E-state index contributed by atoms with van der Waals surface area (Å²) >= 11 is 1.55. The van der Waals surface area contributed by atoms with Gasteiger partial charge >= 0.3 is 14.3 Å². The Hall–Kier alpha value is -3.05. The highest BCUT2D eigenvalue weighted by Gasteiger charge is 2.46. The van der Waals surface area contributed by atoms with E-state index in [-0.39, 0.29) is 26.1 Å². The fraction of sp³-hybridized carbons (Fsp3) is 0.462. The third-order valence-electron chi connectivity index (χ3n) is 6.17. The molecule has 2 heterocycles. The van der Waals surface area contributed by atoms with E-state index in [1.807, 2.05) is 31.2 Å². The van der Waals surface area contributed by atoms with Gasteiger partial charge in [-0.05, 0) is 18.1 Å². The zero-order valence-corrected chi connectivity index (χ0v) is 24.2. The van der Waals surface area contributed by atoms with Crippen molar-refractivity contribution in [3.05, 3.63) is 53.7 Å². The van der Waals surface area contributed by atoms with Crippen molar-refractivity contribution in [3.63, 3.8) is 0 Å². The van der Waals surface area contributed by atoms with Crippen LogP contribution in [0.15, 0.2) is 42.4 Å². The molecule has 11 nitrogen and oxygen atoms in total. The minimum atomic E-state index is -3.30. The van der Waals surface area contributed by atoms with Crippen molar-refractivity contribution in [3.8, 4) is 10.4 Å². The second kappa shape index (κ2) is 13.3. The van der Waals surface area contributed by atoms with E-state index in [0.29, 0.717) is 0 Å². The van der Waals surface area contributed by atoms with Gasteiger partial charge in [0.25, 0.3) is 5.91 Å². The number of hydrogen-bond acceptors (Lipinski definition) is 8. The Kier molecular flexibility index (Phi) is 10.4. The van der Waals surface area contributed by atoms with Crippen molar-refractivity contribution < 1.29 is 33.1 Å². The Morgan fingerprint density at radius 1 is 1.28 bits per heavy atom. The van der Waals surface area contributed by atoms with Crippen LogP contribution in [0, 0.1) is 12.3 Å². The second-order valence-corrected chi connectivity index (χ2v) is 11.9. The topological polar surface area (TPSA) is 147 Å². The van der Waals surface area contributed by atoms with Gasteiger partial charge in [0.1, 0.15) is 6.04 Å². The first-order chi connectivity index (χ1) is 18.4. The minimum Gasteiger partial charge on any atom is -0.436 e. The van der Waals surface area contributed by atoms with Gasteiger partial charge in [-0.2, -0.15) is 0 Å². The van der Waals surface area contributed by atoms with E-state index >= 15 is 0 Å². The number of rotatable bonds is 10. The molecular weight excluding hydrogens is 543 g/mol. The third kappa shape index (κ3) is 8.22. The Morgan fingerprint density at radius 2 is 1.97 bits per heavy atom. The van der Waals surface area contributed by atoms with Crippen molar-refractivity contribution in [2.45, 2.75) is 58.9 Å². The highest BCUT2D eigenvalue weighted by molar-refractivity contribution is 7.32. The maximum Gasteiger partial charge on any atom is 0.408 e. The van der Waals surface area contributed by atoms with Gasteiger partial charge in [0.2, 0.25) is 5.91 Å². The number of alkyl carbamates (subject to hydrolysis) is 1. The molecule has 1 fully saturated rings. The molecule has 1 aliphatic heterocycles. The molecule has 1 aliphatic rings. The van der Waals surface area contributed by atoms with E-state index in [4.69, 9.17) is 9.26 Å². The summed E-state index contributed by atoms with van der Waals surface area (Å²) < 4.78 is 21.9. The smallest absolute Gasteiger partial charge is 0.408 e.